The van der Waals surface area contributed by atoms with E-state index in [9.17, 15) is 4.79 Å². The molecular formula is C29H35N7O2. The quantitative estimate of drug-likeness (QED) is 0.404. The number of fused-ring (bicyclic) bond motifs is 1. The minimum Gasteiger partial charge on any atom is -0.497 e. The molecule has 6 rings (SSSR count). The average Bonchev–Trinajstić information content (AvgIpc) is 3.42. The number of pyridine rings is 1. The lowest BCUT2D eigenvalue weighted by Gasteiger charge is -2.42. The van der Waals surface area contributed by atoms with E-state index in [1.54, 1.807) is 7.11 Å². The largest absolute Gasteiger partial charge is 0.497 e. The topological polar surface area (TPSA) is 92.2 Å². The SMILES string of the molecule is COc1ccc2cc([C@@H](c3nnnn3Cc3ccccc3)N3CCN(C4CCCCC4)CC3)c(=O)[nH]c2c1. The number of benzene rings is 2. The Balaban J connectivity index is 1.36. The van der Waals surface area contributed by atoms with Gasteiger partial charge in [-0.3, -0.25) is 14.6 Å². The fourth-order valence-electron chi connectivity index (χ4n) is 6.11. The van der Waals surface area contributed by atoms with Gasteiger partial charge in [0.05, 0.1) is 19.2 Å². The summed E-state index contributed by atoms with van der Waals surface area (Å²) >= 11 is 0. The minimum absolute atomic E-state index is 0.125. The molecule has 198 valence electrons. The Morgan fingerprint density at radius 1 is 1.00 bits per heavy atom. The summed E-state index contributed by atoms with van der Waals surface area (Å²) in [6.45, 7) is 4.25. The summed E-state index contributed by atoms with van der Waals surface area (Å²) in [5, 5.41) is 13.9. The zero-order chi connectivity index (χ0) is 25.9. The van der Waals surface area contributed by atoms with E-state index < -0.39 is 0 Å². The van der Waals surface area contributed by atoms with Crippen molar-refractivity contribution in [2.24, 2.45) is 0 Å². The summed E-state index contributed by atoms with van der Waals surface area (Å²) in [6, 6.07) is 18.3. The highest BCUT2D eigenvalue weighted by atomic mass is 16.5. The molecule has 0 radical (unpaired) electrons. The van der Waals surface area contributed by atoms with Crippen molar-refractivity contribution in [3.8, 4) is 5.75 Å². The van der Waals surface area contributed by atoms with Crippen molar-refractivity contribution in [1.82, 2.24) is 35.0 Å². The molecule has 9 nitrogen and oxygen atoms in total. The Labute approximate surface area is 222 Å². The Bertz CT molecular complexity index is 1420. The Morgan fingerprint density at radius 3 is 2.55 bits per heavy atom. The van der Waals surface area contributed by atoms with Gasteiger partial charge in [0.15, 0.2) is 5.82 Å². The number of aromatic amines is 1. The number of nitrogens with one attached hydrogen (secondary N) is 1. The van der Waals surface area contributed by atoms with Gasteiger partial charge in [0.2, 0.25) is 0 Å². The Kier molecular flexibility index (Phi) is 7.20. The number of tetrazole rings is 1. The van der Waals surface area contributed by atoms with Gasteiger partial charge in [0, 0.05) is 43.9 Å². The highest BCUT2D eigenvalue weighted by Crippen LogP contribution is 2.30. The van der Waals surface area contributed by atoms with E-state index in [1.165, 1.54) is 32.1 Å². The van der Waals surface area contributed by atoms with E-state index >= 15 is 0 Å². The second kappa shape index (κ2) is 11.0. The molecule has 1 saturated heterocycles. The number of hydrogen-bond donors (Lipinski definition) is 1. The average molecular weight is 514 g/mol. The van der Waals surface area contributed by atoms with Gasteiger partial charge < -0.3 is 9.72 Å². The lowest BCUT2D eigenvalue weighted by molar-refractivity contribution is 0.0618. The van der Waals surface area contributed by atoms with Crippen molar-refractivity contribution in [3.05, 3.63) is 81.9 Å². The molecule has 3 heterocycles. The predicted octanol–water partition coefficient (Wildman–Crippen LogP) is 3.61. The van der Waals surface area contributed by atoms with Gasteiger partial charge >= 0.3 is 0 Å². The van der Waals surface area contributed by atoms with Crippen molar-refractivity contribution in [1.29, 1.82) is 0 Å². The lowest BCUT2D eigenvalue weighted by Crippen LogP contribution is -2.52. The van der Waals surface area contributed by atoms with Gasteiger partial charge in [-0.1, -0.05) is 49.6 Å². The first-order valence-corrected chi connectivity index (χ1v) is 13.7. The second-order valence-corrected chi connectivity index (χ2v) is 10.5. The Morgan fingerprint density at radius 2 is 1.79 bits per heavy atom. The maximum atomic E-state index is 13.6. The molecule has 2 fully saturated rings. The molecule has 2 aliphatic rings. The van der Waals surface area contributed by atoms with Crippen molar-refractivity contribution >= 4 is 10.9 Å². The van der Waals surface area contributed by atoms with Crippen LogP contribution in [-0.2, 0) is 6.54 Å². The monoisotopic (exact) mass is 513 g/mol. The predicted molar refractivity (Wildman–Crippen MR) is 146 cm³/mol. The molecule has 0 bridgehead atoms. The zero-order valence-electron chi connectivity index (χ0n) is 21.9. The summed E-state index contributed by atoms with van der Waals surface area (Å²) < 4.78 is 7.20. The molecule has 0 unspecified atom stereocenters. The van der Waals surface area contributed by atoms with Crippen LogP contribution in [0.15, 0.2) is 59.4 Å². The maximum Gasteiger partial charge on any atom is 0.253 e. The van der Waals surface area contributed by atoms with Crippen LogP contribution in [-0.4, -0.2) is 74.3 Å². The summed E-state index contributed by atoms with van der Waals surface area (Å²) in [5.74, 6) is 1.40. The first-order valence-electron chi connectivity index (χ1n) is 13.7. The number of methoxy groups -OCH3 is 1. The third-order valence-corrected chi connectivity index (χ3v) is 8.16. The molecule has 1 atom stereocenters. The minimum atomic E-state index is -0.350. The van der Waals surface area contributed by atoms with Crippen molar-refractivity contribution in [3.63, 3.8) is 0 Å². The molecule has 1 aliphatic carbocycles. The van der Waals surface area contributed by atoms with E-state index in [0.717, 1.165) is 42.6 Å². The molecule has 1 saturated carbocycles. The van der Waals surface area contributed by atoms with Crippen LogP contribution in [0.25, 0.3) is 10.9 Å². The van der Waals surface area contributed by atoms with Gasteiger partial charge in [-0.05, 0) is 52.4 Å². The first-order chi connectivity index (χ1) is 18.7. The van der Waals surface area contributed by atoms with Gasteiger partial charge in [-0.2, -0.15) is 0 Å². The van der Waals surface area contributed by atoms with Crippen LogP contribution in [0.5, 0.6) is 5.75 Å². The van der Waals surface area contributed by atoms with Crippen molar-refractivity contribution in [2.45, 2.75) is 50.7 Å². The molecule has 1 N–H and O–H groups in total. The number of ether oxygens (including phenoxy) is 1. The number of nitrogens with zero attached hydrogens (tertiary/aromatic N) is 6. The highest BCUT2D eigenvalue weighted by molar-refractivity contribution is 5.80. The van der Waals surface area contributed by atoms with Crippen LogP contribution in [0.2, 0.25) is 0 Å². The highest BCUT2D eigenvalue weighted by Gasteiger charge is 2.34. The fourth-order valence-corrected chi connectivity index (χ4v) is 6.11. The van der Waals surface area contributed by atoms with Gasteiger partial charge in [-0.15, -0.1) is 5.10 Å². The van der Waals surface area contributed by atoms with E-state index in [-0.39, 0.29) is 11.6 Å². The Hall–Kier alpha value is -3.56. The smallest absolute Gasteiger partial charge is 0.253 e. The van der Waals surface area contributed by atoms with Crippen LogP contribution in [0.4, 0.5) is 0 Å². The number of aromatic nitrogens is 5. The van der Waals surface area contributed by atoms with E-state index in [0.29, 0.717) is 29.7 Å². The van der Waals surface area contributed by atoms with Crippen LogP contribution in [0, 0.1) is 0 Å². The maximum absolute atomic E-state index is 13.6. The molecule has 9 heteroatoms. The van der Waals surface area contributed by atoms with Crippen molar-refractivity contribution < 1.29 is 4.74 Å². The molecule has 2 aromatic heterocycles. The zero-order valence-corrected chi connectivity index (χ0v) is 21.9. The fraction of sp³-hybridized carbons (Fsp3) is 0.448. The molecule has 1 aliphatic heterocycles. The standard InChI is InChI=1S/C29H35N7O2/c1-38-24-13-12-22-18-25(29(37)30-26(22)19-24)27(28-31-32-33-36(28)20-21-8-4-2-5-9-21)35-16-14-34(15-17-35)23-10-6-3-7-11-23/h2,4-5,8-9,12-13,18-19,23,27H,3,6-7,10-11,14-17,20H2,1H3,(H,30,37)/t27-/m0/s1. The van der Waals surface area contributed by atoms with E-state index in [1.807, 2.05) is 47.1 Å². The summed E-state index contributed by atoms with van der Waals surface area (Å²) in [7, 11) is 1.63. The molecule has 2 aromatic carbocycles. The third-order valence-electron chi connectivity index (χ3n) is 8.16. The molecule has 0 spiro atoms. The van der Waals surface area contributed by atoms with Crippen LogP contribution in [0.1, 0.15) is 55.1 Å². The summed E-state index contributed by atoms with van der Waals surface area (Å²) in [6.07, 6.45) is 6.62. The van der Waals surface area contributed by atoms with Crippen LogP contribution < -0.4 is 10.3 Å². The van der Waals surface area contributed by atoms with Crippen molar-refractivity contribution in [2.75, 3.05) is 33.3 Å². The molecule has 4 aromatic rings. The van der Waals surface area contributed by atoms with E-state index in [4.69, 9.17) is 4.74 Å². The third kappa shape index (κ3) is 5.08. The number of piperazine rings is 1. The molecule has 38 heavy (non-hydrogen) atoms. The second-order valence-electron chi connectivity index (χ2n) is 10.5. The van der Waals surface area contributed by atoms with Gasteiger partial charge in [0.25, 0.3) is 5.56 Å². The lowest BCUT2D eigenvalue weighted by atomic mass is 9.93. The number of rotatable bonds is 7. The van der Waals surface area contributed by atoms with Gasteiger partial charge in [-0.25, -0.2) is 4.68 Å². The number of hydrogen-bond acceptors (Lipinski definition) is 7. The van der Waals surface area contributed by atoms with E-state index in [2.05, 4.69) is 42.4 Å². The summed E-state index contributed by atoms with van der Waals surface area (Å²) in [5.41, 5.74) is 2.40. The summed E-state index contributed by atoms with van der Waals surface area (Å²) in [4.78, 5) is 21.7. The number of H-pyrrole nitrogens is 1. The molecule has 0 amide bonds. The molecular weight excluding hydrogens is 478 g/mol. The first kappa shape index (κ1) is 24.8. The van der Waals surface area contributed by atoms with Crippen LogP contribution >= 0.6 is 0 Å². The normalized spacial score (nSPS) is 18.6. The van der Waals surface area contributed by atoms with Gasteiger partial charge in [0.1, 0.15) is 11.8 Å². The van der Waals surface area contributed by atoms with Crippen LogP contribution in [0.3, 0.4) is 0 Å².